The number of esters is 2. The van der Waals surface area contributed by atoms with Crippen molar-refractivity contribution < 1.29 is 42.1 Å². The number of hydrogen-bond acceptors (Lipinski definition) is 7. The van der Waals surface area contributed by atoms with Crippen LogP contribution in [-0.4, -0.2) is 74.9 Å². The highest BCUT2D eigenvalue weighted by molar-refractivity contribution is 7.47. The molecular weight excluding hydrogens is 918 g/mol. The van der Waals surface area contributed by atoms with E-state index in [0.29, 0.717) is 17.4 Å². The van der Waals surface area contributed by atoms with Gasteiger partial charge in [-0.15, -0.1) is 0 Å². The van der Waals surface area contributed by atoms with Crippen molar-refractivity contribution in [2.24, 2.45) is 0 Å². The molecule has 0 aromatic rings. The third kappa shape index (κ3) is 57.0. The van der Waals surface area contributed by atoms with Gasteiger partial charge in [0.15, 0.2) is 6.10 Å². The summed E-state index contributed by atoms with van der Waals surface area (Å²) in [6.07, 6.45) is 68.8. The fourth-order valence-corrected chi connectivity index (χ4v) is 9.16. The van der Waals surface area contributed by atoms with Gasteiger partial charge in [-0.3, -0.25) is 18.6 Å². The number of carbonyl (C=O) groups is 2. The summed E-state index contributed by atoms with van der Waals surface area (Å²) in [4.78, 5) is 35.7. The van der Waals surface area contributed by atoms with E-state index in [-0.39, 0.29) is 32.0 Å². The molecule has 0 rings (SSSR count). The highest BCUT2D eigenvalue weighted by Crippen LogP contribution is 2.43. The summed E-state index contributed by atoms with van der Waals surface area (Å²) in [5.41, 5.74) is 0. The van der Waals surface area contributed by atoms with Crippen LogP contribution in [0.15, 0.2) is 60.8 Å². The van der Waals surface area contributed by atoms with Crippen molar-refractivity contribution in [2.45, 2.75) is 277 Å². The number of phosphoric acid groups is 1. The number of phosphoric ester groups is 1. The molecule has 1 N–H and O–H groups in total. The van der Waals surface area contributed by atoms with Gasteiger partial charge >= 0.3 is 19.8 Å². The van der Waals surface area contributed by atoms with Crippen molar-refractivity contribution in [3.63, 3.8) is 0 Å². The number of ether oxygens (including phenoxy) is 2. The zero-order chi connectivity index (χ0) is 52.7. The molecule has 0 spiro atoms. The van der Waals surface area contributed by atoms with Crippen molar-refractivity contribution >= 4 is 19.8 Å². The molecule has 0 heterocycles. The Kier molecular flexibility index (Phi) is 51.8. The van der Waals surface area contributed by atoms with E-state index in [1.165, 1.54) is 167 Å². The lowest BCUT2D eigenvalue weighted by molar-refractivity contribution is -0.870. The van der Waals surface area contributed by atoms with Gasteiger partial charge in [0.25, 0.3) is 0 Å². The van der Waals surface area contributed by atoms with Crippen molar-refractivity contribution in [2.75, 3.05) is 47.5 Å². The SMILES string of the molecule is CC/C=C\C/C=C\C/C=C\C/C=C\CCCCCCC(=O)OC(COC(=O)CCCCCCCCCCCCCCCCCCCCC/C=C\CCCCCCCCCC)COP(=O)(O)OCC[N+](C)(C)C. The zero-order valence-corrected chi connectivity index (χ0v) is 48.6. The number of likely N-dealkylation sites (N-methyl/N-ethyl adjacent to an activating group) is 1. The van der Waals surface area contributed by atoms with Gasteiger partial charge in [-0.2, -0.15) is 0 Å². The summed E-state index contributed by atoms with van der Waals surface area (Å²) in [6, 6.07) is 0. The molecule has 10 heteroatoms. The van der Waals surface area contributed by atoms with Crippen LogP contribution in [0.5, 0.6) is 0 Å². The van der Waals surface area contributed by atoms with Crippen LogP contribution in [0.3, 0.4) is 0 Å². The van der Waals surface area contributed by atoms with Gasteiger partial charge in [-0.25, -0.2) is 4.57 Å². The molecule has 0 aromatic heterocycles. The van der Waals surface area contributed by atoms with Gasteiger partial charge < -0.3 is 18.9 Å². The summed E-state index contributed by atoms with van der Waals surface area (Å²) in [6.45, 7) is 4.31. The van der Waals surface area contributed by atoms with Crippen molar-refractivity contribution in [1.82, 2.24) is 0 Å². The molecule has 0 aliphatic heterocycles. The van der Waals surface area contributed by atoms with Gasteiger partial charge in [0.1, 0.15) is 19.8 Å². The van der Waals surface area contributed by atoms with E-state index >= 15 is 0 Å². The van der Waals surface area contributed by atoms with E-state index in [9.17, 15) is 19.0 Å². The predicted octanol–water partition coefficient (Wildman–Crippen LogP) is 18.7. The average molecular weight is 1030 g/mol. The van der Waals surface area contributed by atoms with Gasteiger partial charge in [0.05, 0.1) is 27.7 Å². The number of hydrogen-bond donors (Lipinski definition) is 1. The first-order chi connectivity index (χ1) is 35.0. The quantitative estimate of drug-likeness (QED) is 0.0211. The minimum atomic E-state index is -4.39. The minimum absolute atomic E-state index is 0.0255. The molecule has 2 atom stereocenters. The van der Waals surface area contributed by atoms with Crippen LogP contribution in [0.1, 0.15) is 271 Å². The molecule has 2 unspecified atom stereocenters. The van der Waals surface area contributed by atoms with Crippen LogP contribution in [-0.2, 0) is 32.7 Å². The Morgan fingerprint density at radius 3 is 1.19 bits per heavy atom. The maximum atomic E-state index is 12.8. The highest BCUT2D eigenvalue weighted by Gasteiger charge is 2.27. The number of quaternary nitrogens is 1. The Morgan fingerprint density at radius 1 is 0.444 bits per heavy atom. The first-order valence-electron chi connectivity index (χ1n) is 30.0. The summed E-state index contributed by atoms with van der Waals surface area (Å²) in [5, 5.41) is 0. The van der Waals surface area contributed by atoms with Crippen LogP contribution in [0.4, 0.5) is 0 Å². The number of carbonyl (C=O) groups excluding carboxylic acids is 2. The third-order valence-corrected chi connectivity index (χ3v) is 14.0. The Hall–Kier alpha value is -2.29. The normalized spacial score (nSPS) is 13.7. The molecule has 0 fully saturated rings. The topological polar surface area (TPSA) is 108 Å². The second-order valence-corrected chi connectivity index (χ2v) is 22.8. The third-order valence-electron chi connectivity index (χ3n) is 13.0. The fourth-order valence-electron chi connectivity index (χ4n) is 8.41. The largest absolute Gasteiger partial charge is 0.472 e. The lowest BCUT2D eigenvalue weighted by Crippen LogP contribution is -2.37. The Morgan fingerprint density at radius 2 is 0.792 bits per heavy atom. The molecule has 0 amide bonds. The second-order valence-electron chi connectivity index (χ2n) is 21.4. The van der Waals surface area contributed by atoms with E-state index in [1.807, 2.05) is 21.1 Å². The van der Waals surface area contributed by atoms with Crippen LogP contribution in [0.2, 0.25) is 0 Å². The number of unbranched alkanes of at least 4 members (excludes halogenated alkanes) is 31. The summed E-state index contributed by atoms with van der Waals surface area (Å²) >= 11 is 0. The van der Waals surface area contributed by atoms with Crippen molar-refractivity contribution in [3.05, 3.63) is 60.8 Å². The van der Waals surface area contributed by atoms with Crippen molar-refractivity contribution in [3.8, 4) is 0 Å². The van der Waals surface area contributed by atoms with Gasteiger partial charge in [0.2, 0.25) is 0 Å². The van der Waals surface area contributed by atoms with Crippen molar-refractivity contribution in [1.29, 1.82) is 0 Å². The summed E-state index contributed by atoms with van der Waals surface area (Å²) in [7, 11) is 1.46. The molecular formula is C62H115NO8P+. The van der Waals surface area contributed by atoms with Gasteiger partial charge in [-0.05, 0) is 77.0 Å². The standard InChI is InChI=1S/C62H114NO8P/c1-6-8-10-12-14-16-18-20-22-24-25-26-27-28-29-30-31-32-33-34-35-36-37-39-40-42-44-46-48-50-52-54-61(64)68-58-60(59-70-72(66,67)69-57-56-63(3,4)5)71-62(65)55-53-51-49-47-45-43-41-38-23-21-19-17-15-13-11-9-7-2/h9,11,15,17,21,23-25,41,43,60H,6-8,10,12-14,16,18-20,22,26-40,42,44-59H2,1-5H3/p+1/b11-9-,17-15-,23-21-,25-24-,43-41-. The first-order valence-corrected chi connectivity index (χ1v) is 31.5. The molecule has 0 aliphatic rings. The summed E-state index contributed by atoms with van der Waals surface area (Å²) in [5.74, 6) is -0.818. The predicted molar refractivity (Wildman–Crippen MR) is 307 cm³/mol. The first kappa shape index (κ1) is 69.7. The second kappa shape index (κ2) is 53.5. The molecule has 0 saturated carbocycles. The van der Waals surface area contributed by atoms with Gasteiger partial charge in [0, 0.05) is 12.8 Å². The van der Waals surface area contributed by atoms with Crippen LogP contribution in [0, 0.1) is 0 Å². The number of allylic oxidation sites excluding steroid dienone is 10. The van der Waals surface area contributed by atoms with Crippen LogP contribution < -0.4 is 0 Å². The molecule has 0 aliphatic carbocycles. The Balaban J connectivity index is 4.05. The lowest BCUT2D eigenvalue weighted by Gasteiger charge is -2.24. The highest BCUT2D eigenvalue weighted by atomic mass is 31.2. The maximum Gasteiger partial charge on any atom is 0.472 e. The average Bonchev–Trinajstić information content (AvgIpc) is 3.34. The van der Waals surface area contributed by atoms with E-state index in [2.05, 4.69) is 74.6 Å². The molecule has 0 saturated heterocycles. The Labute approximate surface area is 445 Å². The smallest absolute Gasteiger partial charge is 0.462 e. The van der Waals surface area contributed by atoms with E-state index < -0.39 is 26.5 Å². The molecule has 9 nitrogen and oxygen atoms in total. The zero-order valence-electron chi connectivity index (χ0n) is 47.7. The molecule has 0 aromatic carbocycles. The molecule has 0 radical (unpaired) electrons. The summed E-state index contributed by atoms with van der Waals surface area (Å²) < 4.78 is 34.5. The molecule has 72 heavy (non-hydrogen) atoms. The molecule has 420 valence electrons. The molecule has 0 bridgehead atoms. The maximum absolute atomic E-state index is 12.8. The minimum Gasteiger partial charge on any atom is -0.462 e. The van der Waals surface area contributed by atoms with Crippen LogP contribution in [0.25, 0.3) is 0 Å². The van der Waals surface area contributed by atoms with E-state index in [4.69, 9.17) is 18.5 Å². The number of rotatable bonds is 55. The van der Waals surface area contributed by atoms with E-state index in [0.717, 1.165) is 70.6 Å². The monoisotopic (exact) mass is 1030 g/mol. The van der Waals surface area contributed by atoms with E-state index in [1.54, 1.807) is 0 Å². The Bertz CT molecular complexity index is 1400. The lowest BCUT2D eigenvalue weighted by atomic mass is 10.0. The van der Waals surface area contributed by atoms with Gasteiger partial charge in [-0.1, -0.05) is 242 Å². The number of nitrogens with zero attached hydrogens (tertiary/aromatic N) is 1. The van der Waals surface area contributed by atoms with Crippen LogP contribution >= 0.6 is 7.82 Å². The fraction of sp³-hybridized carbons (Fsp3) is 0.806.